The third kappa shape index (κ3) is 3.21. The van der Waals surface area contributed by atoms with Gasteiger partial charge < -0.3 is 5.32 Å². The van der Waals surface area contributed by atoms with Gasteiger partial charge in [-0.25, -0.2) is 0 Å². The molecule has 6 aromatic rings. The van der Waals surface area contributed by atoms with E-state index in [1.165, 1.54) is 0 Å². The van der Waals surface area contributed by atoms with Gasteiger partial charge in [0.15, 0.2) is 11.6 Å². The van der Waals surface area contributed by atoms with Gasteiger partial charge in [-0.3, -0.25) is 24.6 Å². The molecule has 168 valence electrons. The van der Waals surface area contributed by atoms with Crippen molar-refractivity contribution in [3.63, 3.8) is 0 Å². The average molecular weight is 459 g/mol. The predicted octanol–water partition coefficient (Wildman–Crippen LogP) is 4.19. The lowest BCUT2D eigenvalue weighted by Gasteiger charge is -2.24. The third-order valence-electron chi connectivity index (χ3n) is 6.15. The number of carbonyl (C=O) groups excluding carboxylic acids is 2. The summed E-state index contributed by atoms with van der Waals surface area (Å²) in [6.45, 7) is 0. The monoisotopic (exact) mass is 459 g/mol. The lowest BCUT2D eigenvalue weighted by Crippen LogP contribution is -2.36. The Morgan fingerprint density at radius 2 is 1.00 bits per heavy atom. The number of benzene rings is 4. The van der Waals surface area contributed by atoms with Gasteiger partial charge in [-0.15, -0.1) is 0 Å². The van der Waals surface area contributed by atoms with Crippen LogP contribution in [0.5, 0.6) is 0 Å². The van der Waals surface area contributed by atoms with Crippen LogP contribution in [-0.4, -0.2) is 16.2 Å². The number of rotatable bonds is 4. The van der Waals surface area contributed by atoms with Gasteiger partial charge in [0.1, 0.15) is 0 Å². The molecule has 2 bridgehead atoms. The van der Waals surface area contributed by atoms with E-state index >= 15 is 0 Å². The number of nitrogens with zero attached hydrogens (tertiary/aromatic N) is 1. The first-order chi connectivity index (χ1) is 17.0. The fourth-order valence-corrected chi connectivity index (χ4v) is 4.42. The molecule has 35 heavy (non-hydrogen) atoms. The maximum Gasteiger partial charge on any atom is 0.279 e. The van der Waals surface area contributed by atoms with E-state index in [1.54, 1.807) is 60.7 Å². The molecule has 2 heterocycles. The van der Waals surface area contributed by atoms with Gasteiger partial charge in [-0.05, 0) is 48.5 Å². The van der Waals surface area contributed by atoms with E-state index in [-0.39, 0.29) is 33.9 Å². The highest BCUT2D eigenvalue weighted by molar-refractivity contribution is 6.32. The minimum Gasteiger partial charge on any atom is -0.355 e. The number of hydrogen-bond donors (Lipinski definition) is 2. The summed E-state index contributed by atoms with van der Waals surface area (Å²) in [4.78, 5) is 53.2. The molecule has 4 aromatic carbocycles. The molecule has 7 rings (SSSR count). The van der Waals surface area contributed by atoms with Crippen molar-refractivity contribution in [3.05, 3.63) is 134 Å². The molecular formula is C28H17N3O4. The maximum atomic E-state index is 13.6. The summed E-state index contributed by atoms with van der Waals surface area (Å²) < 4.78 is 0.878. The lowest BCUT2D eigenvalue weighted by atomic mass is 9.82. The van der Waals surface area contributed by atoms with Gasteiger partial charge in [-0.2, -0.15) is 4.68 Å². The van der Waals surface area contributed by atoms with Gasteiger partial charge in [0.05, 0.1) is 22.5 Å². The van der Waals surface area contributed by atoms with Crippen molar-refractivity contribution in [2.75, 3.05) is 10.7 Å². The smallest absolute Gasteiger partial charge is 0.279 e. The van der Waals surface area contributed by atoms with Gasteiger partial charge in [0.25, 0.3) is 11.1 Å². The summed E-state index contributed by atoms with van der Waals surface area (Å²) in [6, 6.07) is 25.4. The highest BCUT2D eigenvalue weighted by Gasteiger charge is 2.34. The zero-order valence-corrected chi connectivity index (χ0v) is 18.2. The maximum absolute atomic E-state index is 13.6. The van der Waals surface area contributed by atoms with Gasteiger partial charge in [-0.1, -0.05) is 42.5 Å². The molecule has 1 aliphatic carbocycles. The number of anilines is 3. The number of aromatic nitrogens is 1. The van der Waals surface area contributed by atoms with Crippen molar-refractivity contribution in [3.8, 4) is 0 Å². The topological polar surface area (TPSA) is 97.3 Å². The van der Waals surface area contributed by atoms with E-state index in [0.717, 1.165) is 10.4 Å². The Morgan fingerprint density at radius 1 is 0.514 bits per heavy atom. The minimum atomic E-state index is -0.551. The van der Waals surface area contributed by atoms with Crippen LogP contribution in [0.25, 0.3) is 10.8 Å². The first-order valence-electron chi connectivity index (χ1n) is 11.0. The van der Waals surface area contributed by atoms with Gasteiger partial charge >= 0.3 is 0 Å². The van der Waals surface area contributed by atoms with Crippen molar-refractivity contribution >= 4 is 39.4 Å². The summed E-state index contributed by atoms with van der Waals surface area (Å²) >= 11 is 0. The number of para-hydroxylation sites is 1. The second kappa shape index (κ2) is 7.78. The summed E-state index contributed by atoms with van der Waals surface area (Å²) in [5.74, 6) is -0.693. The lowest BCUT2D eigenvalue weighted by molar-refractivity contribution is 0.0980. The Kier molecular flexibility index (Phi) is 4.57. The quantitative estimate of drug-likeness (QED) is 0.410. The zero-order chi connectivity index (χ0) is 24.1. The Labute approximate surface area is 198 Å². The molecule has 0 saturated carbocycles. The number of ketones is 2. The molecule has 1 aliphatic rings. The molecule has 0 radical (unpaired) electrons. The predicted molar refractivity (Wildman–Crippen MR) is 134 cm³/mol. The summed E-state index contributed by atoms with van der Waals surface area (Å²) in [5, 5.41) is 3.88. The van der Waals surface area contributed by atoms with Gasteiger partial charge in [0.2, 0.25) is 0 Å². The van der Waals surface area contributed by atoms with Gasteiger partial charge in [0, 0.05) is 27.6 Å². The van der Waals surface area contributed by atoms with E-state index in [4.69, 9.17) is 0 Å². The number of fused-ring (bicyclic) bond motifs is 6. The summed E-state index contributed by atoms with van der Waals surface area (Å²) in [5.41, 5.74) is 3.97. The molecular weight excluding hydrogens is 442 g/mol. The van der Waals surface area contributed by atoms with E-state index < -0.39 is 11.1 Å². The number of nitrogens with one attached hydrogen (secondary N) is 2. The molecule has 7 heteroatoms. The largest absolute Gasteiger partial charge is 0.355 e. The standard InChI is InChI=1S/C28H17N3O4/c32-25-19-8-4-5-9-20(19)26(33)24-22(15-14-21(23(24)25)29-18-6-2-1-3-7-18)30-31-27(34)16-10-11-17(13-12-16)28(31)35/h1-15,29-30H. The van der Waals surface area contributed by atoms with Crippen LogP contribution < -0.4 is 21.9 Å². The van der Waals surface area contributed by atoms with Crippen molar-refractivity contribution in [1.29, 1.82) is 0 Å². The Bertz CT molecular complexity index is 1710. The Hall–Kier alpha value is -5.04. The molecule has 0 unspecified atom stereocenters. The van der Waals surface area contributed by atoms with Crippen LogP contribution in [0.2, 0.25) is 0 Å². The van der Waals surface area contributed by atoms with Crippen LogP contribution in [-0.2, 0) is 0 Å². The first-order valence-corrected chi connectivity index (χ1v) is 11.0. The highest BCUT2D eigenvalue weighted by atomic mass is 16.2. The fraction of sp³-hybridized carbons (Fsp3) is 0. The SMILES string of the molecule is O=C1c2ccccc2C(=O)c2c(Nn3c(=O)c4ccc(cc4)c3=O)ccc(Nc3ccccc3)c21. The average Bonchev–Trinajstić information content (AvgIpc) is 3.07. The molecule has 2 aromatic heterocycles. The third-order valence-corrected chi connectivity index (χ3v) is 6.15. The summed E-state index contributed by atoms with van der Waals surface area (Å²) in [6.07, 6.45) is 0. The van der Waals surface area contributed by atoms with Crippen LogP contribution >= 0.6 is 0 Å². The molecule has 7 nitrogen and oxygen atoms in total. The normalized spacial score (nSPS) is 12.3. The van der Waals surface area contributed by atoms with E-state index in [0.29, 0.717) is 22.0 Å². The van der Waals surface area contributed by atoms with Crippen molar-refractivity contribution in [2.45, 2.75) is 0 Å². The Balaban J connectivity index is 1.58. The molecule has 0 amide bonds. The second-order valence-electron chi connectivity index (χ2n) is 8.24. The number of carbonyl (C=O) groups is 2. The van der Waals surface area contributed by atoms with Crippen molar-refractivity contribution in [1.82, 2.24) is 4.68 Å². The molecule has 0 spiro atoms. The van der Waals surface area contributed by atoms with Crippen molar-refractivity contribution < 1.29 is 9.59 Å². The summed E-state index contributed by atoms with van der Waals surface area (Å²) in [7, 11) is 0. The molecule has 0 fully saturated rings. The molecule has 0 aliphatic heterocycles. The van der Waals surface area contributed by atoms with Crippen LogP contribution in [0.4, 0.5) is 17.1 Å². The van der Waals surface area contributed by atoms with Crippen LogP contribution in [0.1, 0.15) is 31.8 Å². The van der Waals surface area contributed by atoms with E-state index in [2.05, 4.69) is 10.7 Å². The molecule has 2 N–H and O–H groups in total. The van der Waals surface area contributed by atoms with E-state index in [1.807, 2.05) is 30.3 Å². The molecule has 0 atom stereocenters. The second-order valence-corrected chi connectivity index (χ2v) is 8.24. The van der Waals surface area contributed by atoms with Crippen LogP contribution in [0.3, 0.4) is 0 Å². The zero-order valence-electron chi connectivity index (χ0n) is 18.2. The van der Waals surface area contributed by atoms with Crippen LogP contribution in [0, 0.1) is 0 Å². The first kappa shape index (κ1) is 20.6. The fourth-order valence-electron chi connectivity index (χ4n) is 4.42. The number of hydrogen-bond acceptors (Lipinski definition) is 6. The van der Waals surface area contributed by atoms with Crippen molar-refractivity contribution in [2.24, 2.45) is 0 Å². The van der Waals surface area contributed by atoms with E-state index in [9.17, 15) is 19.2 Å². The van der Waals surface area contributed by atoms with Crippen LogP contribution in [0.15, 0.2) is 101 Å². The molecule has 0 saturated heterocycles. The minimum absolute atomic E-state index is 0.0998. The highest BCUT2D eigenvalue weighted by Crippen LogP contribution is 2.37. The Morgan fingerprint density at radius 3 is 1.57 bits per heavy atom.